The van der Waals surface area contributed by atoms with Crippen molar-refractivity contribution in [2.24, 2.45) is 0 Å². The highest BCUT2D eigenvalue weighted by molar-refractivity contribution is 5.90. The Balaban J connectivity index is 0.00000112. The quantitative estimate of drug-likeness (QED) is 0.174. The zero-order valence-electron chi connectivity index (χ0n) is 30.5. The highest BCUT2D eigenvalue weighted by Gasteiger charge is 2.19. The molecule has 4 nitrogen and oxygen atoms in total. The highest BCUT2D eigenvalue weighted by atomic mass is 15.1. The van der Waals surface area contributed by atoms with Crippen molar-refractivity contribution in [1.82, 2.24) is 9.97 Å². The SMILES string of the molecule is C1=CC(Nc2ccc(N(c3ccc(-c4nc5ccccc5nc4-c4ccccc4)cc3)c3ccccc3-c3ccccc3)cc2)=CCC1.CC.CC. The lowest BCUT2D eigenvalue weighted by atomic mass is 10.0. The number of benzene rings is 6. The van der Waals surface area contributed by atoms with Crippen molar-refractivity contribution in [2.45, 2.75) is 40.5 Å². The molecule has 0 radical (unpaired) electrons. The van der Waals surface area contributed by atoms with Crippen molar-refractivity contribution in [2.75, 3.05) is 10.2 Å². The third kappa shape index (κ3) is 8.03. The molecule has 1 aliphatic carbocycles. The van der Waals surface area contributed by atoms with E-state index in [9.17, 15) is 0 Å². The molecule has 7 aromatic rings. The molecule has 0 atom stereocenters. The molecule has 0 fully saturated rings. The summed E-state index contributed by atoms with van der Waals surface area (Å²) >= 11 is 0. The maximum absolute atomic E-state index is 5.13. The molecular weight excluding hydrogens is 633 g/mol. The van der Waals surface area contributed by atoms with Gasteiger partial charge in [-0.1, -0.05) is 143 Å². The van der Waals surface area contributed by atoms with E-state index in [1.165, 1.54) is 5.56 Å². The number of nitrogens with zero attached hydrogens (tertiary/aromatic N) is 3. The Morgan fingerprint density at radius 3 is 1.56 bits per heavy atom. The van der Waals surface area contributed by atoms with Crippen LogP contribution in [0.3, 0.4) is 0 Å². The van der Waals surface area contributed by atoms with Gasteiger partial charge < -0.3 is 10.2 Å². The molecule has 0 aliphatic heterocycles. The molecule has 52 heavy (non-hydrogen) atoms. The maximum Gasteiger partial charge on any atom is 0.0973 e. The first kappa shape index (κ1) is 35.6. The van der Waals surface area contributed by atoms with Crippen LogP contribution in [-0.2, 0) is 0 Å². The number of rotatable bonds is 8. The van der Waals surface area contributed by atoms with Crippen molar-refractivity contribution in [3.63, 3.8) is 0 Å². The Labute approximate surface area is 308 Å². The highest BCUT2D eigenvalue weighted by Crippen LogP contribution is 2.42. The van der Waals surface area contributed by atoms with Crippen molar-refractivity contribution >= 4 is 33.8 Å². The molecule has 0 amide bonds. The van der Waals surface area contributed by atoms with Crippen LogP contribution in [0.5, 0.6) is 0 Å². The first-order valence-electron chi connectivity index (χ1n) is 18.4. The van der Waals surface area contributed by atoms with Gasteiger partial charge in [0.2, 0.25) is 0 Å². The van der Waals surface area contributed by atoms with Gasteiger partial charge in [0.05, 0.1) is 28.1 Å². The van der Waals surface area contributed by atoms with Gasteiger partial charge in [-0.05, 0) is 79.1 Å². The summed E-state index contributed by atoms with van der Waals surface area (Å²) in [6.45, 7) is 8.00. The van der Waals surface area contributed by atoms with Crippen molar-refractivity contribution in [3.8, 4) is 33.6 Å². The van der Waals surface area contributed by atoms with Gasteiger partial charge in [-0.25, -0.2) is 9.97 Å². The number of anilines is 4. The summed E-state index contributed by atoms with van der Waals surface area (Å²) in [5, 5.41) is 3.56. The van der Waals surface area contributed by atoms with Gasteiger partial charge in [-0.15, -0.1) is 0 Å². The molecule has 0 saturated carbocycles. The van der Waals surface area contributed by atoms with Gasteiger partial charge in [-0.3, -0.25) is 0 Å². The number of hydrogen-bond acceptors (Lipinski definition) is 4. The summed E-state index contributed by atoms with van der Waals surface area (Å²) in [4.78, 5) is 12.5. The van der Waals surface area contributed by atoms with Gasteiger partial charge in [0.1, 0.15) is 0 Å². The Hall–Kier alpha value is -6.26. The summed E-state index contributed by atoms with van der Waals surface area (Å²) in [5.74, 6) is 0. The summed E-state index contributed by atoms with van der Waals surface area (Å²) in [6.07, 6.45) is 8.79. The van der Waals surface area contributed by atoms with E-state index in [1.807, 2.05) is 70.2 Å². The van der Waals surface area contributed by atoms with E-state index in [2.05, 4.69) is 144 Å². The average molecular weight is 679 g/mol. The third-order valence-electron chi connectivity index (χ3n) is 8.66. The standard InChI is InChI=1S/C44H34N4.2C2H6/c1-4-14-32(15-5-1)39-20-10-13-23-42(39)48(38-30-26-36(27-31-38)45-35-18-8-3-9-19-35)37-28-24-34(25-29-37)44-43(33-16-6-2-7-17-33)46-40-21-11-12-22-41(40)47-44;2*1-2/h1-2,4-8,10-31,45H,3,9H2;2*1-2H3. The number of allylic oxidation sites excluding steroid dienone is 3. The topological polar surface area (TPSA) is 41.0 Å². The Morgan fingerprint density at radius 2 is 0.981 bits per heavy atom. The van der Waals surface area contributed by atoms with Gasteiger partial charge in [0.25, 0.3) is 0 Å². The first-order valence-corrected chi connectivity index (χ1v) is 18.4. The monoisotopic (exact) mass is 678 g/mol. The lowest BCUT2D eigenvalue weighted by molar-refractivity contribution is 1.02. The van der Waals surface area contributed by atoms with Crippen LogP contribution in [-0.4, -0.2) is 9.97 Å². The van der Waals surface area contributed by atoms with Crippen molar-refractivity contribution < 1.29 is 0 Å². The van der Waals surface area contributed by atoms with Gasteiger partial charge in [0, 0.05) is 39.4 Å². The zero-order valence-corrected chi connectivity index (χ0v) is 30.5. The molecule has 4 heteroatoms. The van der Waals surface area contributed by atoms with E-state index in [-0.39, 0.29) is 0 Å². The third-order valence-corrected chi connectivity index (χ3v) is 8.66. The minimum absolute atomic E-state index is 0.865. The summed E-state index contributed by atoms with van der Waals surface area (Å²) in [5.41, 5.74) is 13.3. The van der Waals surface area contributed by atoms with Crippen LogP contribution in [0.25, 0.3) is 44.7 Å². The van der Waals surface area contributed by atoms with Crippen LogP contribution in [0.2, 0.25) is 0 Å². The van der Waals surface area contributed by atoms with Crippen LogP contribution < -0.4 is 10.2 Å². The van der Waals surface area contributed by atoms with Gasteiger partial charge in [0.15, 0.2) is 0 Å². The molecule has 6 aromatic carbocycles. The second-order valence-corrected chi connectivity index (χ2v) is 11.9. The molecule has 0 unspecified atom stereocenters. The molecule has 1 aliphatic rings. The minimum Gasteiger partial charge on any atom is -0.356 e. The van der Waals surface area contributed by atoms with Crippen LogP contribution >= 0.6 is 0 Å². The molecule has 258 valence electrons. The maximum atomic E-state index is 5.13. The first-order chi connectivity index (χ1) is 25.8. The fraction of sp³-hybridized carbons (Fsp3) is 0.125. The molecule has 0 spiro atoms. The molecular formula is C48H46N4. The van der Waals surface area contributed by atoms with E-state index >= 15 is 0 Å². The fourth-order valence-electron chi connectivity index (χ4n) is 6.29. The number of para-hydroxylation sites is 3. The summed E-state index contributed by atoms with van der Waals surface area (Å²) in [6, 6.07) is 55.0. The minimum atomic E-state index is 0.865. The van der Waals surface area contributed by atoms with Gasteiger partial charge >= 0.3 is 0 Å². The number of hydrogen-bond donors (Lipinski definition) is 1. The lowest BCUT2D eigenvalue weighted by Gasteiger charge is -2.28. The predicted octanol–water partition coefficient (Wildman–Crippen LogP) is 13.8. The Kier molecular flexibility index (Phi) is 12.0. The van der Waals surface area contributed by atoms with Crippen LogP contribution in [0, 0.1) is 0 Å². The Bertz CT molecular complexity index is 2240. The lowest BCUT2D eigenvalue weighted by Crippen LogP contribution is -2.11. The summed E-state index contributed by atoms with van der Waals surface area (Å²) in [7, 11) is 0. The zero-order chi connectivity index (χ0) is 36.1. The molecule has 1 N–H and O–H groups in total. The van der Waals surface area contributed by atoms with Crippen LogP contribution in [0.15, 0.2) is 182 Å². The van der Waals surface area contributed by atoms with E-state index in [4.69, 9.17) is 9.97 Å². The summed E-state index contributed by atoms with van der Waals surface area (Å²) < 4.78 is 0. The molecule has 1 heterocycles. The molecule has 8 rings (SSSR count). The molecule has 0 saturated heterocycles. The van der Waals surface area contributed by atoms with Crippen molar-refractivity contribution in [1.29, 1.82) is 0 Å². The van der Waals surface area contributed by atoms with Crippen LogP contribution in [0.4, 0.5) is 22.7 Å². The fourth-order valence-corrected chi connectivity index (χ4v) is 6.29. The normalized spacial score (nSPS) is 11.7. The number of fused-ring (bicyclic) bond motifs is 1. The average Bonchev–Trinajstić information content (AvgIpc) is 3.24. The predicted molar refractivity (Wildman–Crippen MR) is 223 cm³/mol. The largest absolute Gasteiger partial charge is 0.356 e. The smallest absolute Gasteiger partial charge is 0.0973 e. The number of aromatic nitrogens is 2. The van der Waals surface area contributed by atoms with E-state index in [0.29, 0.717) is 0 Å². The number of nitrogens with one attached hydrogen (secondary N) is 1. The second-order valence-electron chi connectivity index (χ2n) is 11.9. The van der Waals surface area contributed by atoms with Gasteiger partial charge in [-0.2, -0.15) is 0 Å². The van der Waals surface area contributed by atoms with Crippen molar-refractivity contribution in [3.05, 3.63) is 182 Å². The Morgan fingerprint density at radius 1 is 0.481 bits per heavy atom. The molecule has 1 aromatic heterocycles. The van der Waals surface area contributed by atoms with E-state index in [1.54, 1.807) is 0 Å². The van der Waals surface area contributed by atoms with Crippen LogP contribution in [0.1, 0.15) is 40.5 Å². The molecule has 0 bridgehead atoms. The second kappa shape index (κ2) is 17.6. The van der Waals surface area contributed by atoms with E-state index < -0.39 is 0 Å². The van der Waals surface area contributed by atoms with E-state index in [0.717, 1.165) is 80.4 Å².